The molecule has 5 heteroatoms. The van der Waals surface area contributed by atoms with Crippen LogP contribution in [-0.2, 0) is 9.53 Å². The fourth-order valence-electron chi connectivity index (χ4n) is 3.09. The number of carbonyl (C=O) groups is 1. The van der Waals surface area contributed by atoms with Gasteiger partial charge in [-0.05, 0) is 24.7 Å². The molecule has 2 aliphatic rings. The summed E-state index contributed by atoms with van der Waals surface area (Å²) in [5.74, 6) is 0.897. The average Bonchev–Trinajstić information content (AvgIpc) is 2.46. The summed E-state index contributed by atoms with van der Waals surface area (Å²) >= 11 is 0. The summed E-state index contributed by atoms with van der Waals surface area (Å²) in [6, 6.07) is 0.147. The SMILES string of the molecule is O=C(CC1COCCN1)NCC1CCCCC1CO. The summed E-state index contributed by atoms with van der Waals surface area (Å²) in [5.41, 5.74) is 0. The van der Waals surface area contributed by atoms with E-state index in [0.717, 1.165) is 26.0 Å². The van der Waals surface area contributed by atoms with E-state index < -0.39 is 0 Å². The van der Waals surface area contributed by atoms with Crippen molar-refractivity contribution in [1.29, 1.82) is 0 Å². The van der Waals surface area contributed by atoms with E-state index in [0.29, 0.717) is 31.4 Å². The van der Waals surface area contributed by atoms with Gasteiger partial charge in [-0.1, -0.05) is 12.8 Å². The molecule has 2 rings (SSSR count). The minimum absolute atomic E-state index is 0.0882. The minimum Gasteiger partial charge on any atom is -0.396 e. The fraction of sp³-hybridized carbons (Fsp3) is 0.929. The second-order valence-electron chi connectivity index (χ2n) is 5.72. The van der Waals surface area contributed by atoms with Gasteiger partial charge in [0.2, 0.25) is 5.91 Å². The molecular weight excluding hydrogens is 244 g/mol. The Morgan fingerprint density at radius 2 is 2.11 bits per heavy atom. The van der Waals surface area contributed by atoms with E-state index in [1.165, 1.54) is 12.8 Å². The second-order valence-corrected chi connectivity index (χ2v) is 5.72. The molecule has 0 radical (unpaired) electrons. The third-order valence-electron chi connectivity index (χ3n) is 4.29. The molecule has 3 atom stereocenters. The predicted molar refractivity (Wildman–Crippen MR) is 72.8 cm³/mol. The highest BCUT2D eigenvalue weighted by molar-refractivity contribution is 5.76. The van der Waals surface area contributed by atoms with Crippen molar-refractivity contribution in [2.75, 3.05) is 32.9 Å². The third-order valence-corrected chi connectivity index (χ3v) is 4.29. The van der Waals surface area contributed by atoms with Crippen LogP contribution in [0.3, 0.4) is 0 Å². The zero-order chi connectivity index (χ0) is 13.5. The molecule has 19 heavy (non-hydrogen) atoms. The third kappa shape index (κ3) is 4.75. The Balaban J connectivity index is 1.67. The number of ether oxygens (including phenoxy) is 1. The van der Waals surface area contributed by atoms with Gasteiger partial charge < -0.3 is 20.5 Å². The van der Waals surface area contributed by atoms with Crippen LogP contribution in [0.2, 0.25) is 0 Å². The van der Waals surface area contributed by atoms with Crippen LogP contribution < -0.4 is 10.6 Å². The van der Waals surface area contributed by atoms with Gasteiger partial charge in [0.25, 0.3) is 0 Å². The van der Waals surface area contributed by atoms with Crippen molar-refractivity contribution in [2.24, 2.45) is 11.8 Å². The highest BCUT2D eigenvalue weighted by Gasteiger charge is 2.25. The molecule has 1 amide bonds. The zero-order valence-corrected chi connectivity index (χ0v) is 11.6. The van der Waals surface area contributed by atoms with Crippen LogP contribution in [0, 0.1) is 11.8 Å². The second kappa shape index (κ2) is 7.82. The molecule has 1 saturated heterocycles. The van der Waals surface area contributed by atoms with Crippen molar-refractivity contribution in [1.82, 2.24) is 10.6 Å². The number of aliphatic hydroxyl groups excluding tert-OH is 1. The Kier molecular flexibility index (Phi) is 6.07. The summed E-state index contributed by atoms with van der Waals surface area (Å²) in [6.07, 6.45) is 5.12. The van der Waals surface area contributed by atoms with Crippen molar-refractivity contribution in [3.05, 3.63) is 0 Å². The first-order valence-corrected chi connectivity index (χ1v) is 7.48. The van der Waals surface area contributed by atoms with E-state index in [1.807, 2.05) is 0 Å². The van der Waals surface area contributed by atoms with Gasteiger partial charge in [-0.25, -0.2) is 0 Å². The molecule has 0 aromatic rings. The van der Waals surface area contributed by atoms with Gasteiger partial charge in [0.15, 0.2) is 0 Å². The van der Waals surface area contributed by atoms with E-state index in [9.17, 15) is 9.90 Å². The first kappa shape index (κ1) is 14.8. The standard InChI is InChI=1S/C14H26N2O3/c17-9-12-4-2-1-3-11(12)8-16-14(18)7-13-10-19-6-5-15-13/h11-13,15,17H,1-10H2,(H,16,18). The summed E-state index contributed by atoms with van der Waals surface area (Å²) in [6.45, 7) is 3.14. The first-order valence-electron chi connectivity index (χ1n) is 7.48. The Bertz CT molecular complexity index is 280. The fourth-order valence-corrected chi connectivity index (χ4v) is 3.09. The number of amides is 1. The van der Waals surface area contributed by atoms with Gasteiger partial charge in [0, 0.05) is 32.2 Å². The smallest absolute Gasteiger partial charge is 0.221 e. The molecule has 1 aliphatic heterocycles. The monoisotopic (exact) mass is 270 g/mol. The Morgan fingerprint density at radius 3 is 2.79 bits per heavy atom. The molecule has 5 nitrogen and oxygen atoms in total. The summed E-state index contributed by atoms with van der Waals surface area (Å²) in [7, 11) is 0. The van der Waals surface area contributed by atoms with E-state index in [-0.39, 0.29) is 18.6 Å². The molecule has 0 aromatic heterocycles. The van der Waals surface area contributed by atoms with Gasteiger partial charge in [-0.15, -0.1) is 0 Å². The van der Waals surface area contributed by atoms with Gasteiger partial charge in [-0.2, -0.15) is 0 Å². The maximum absolute atomic E-state index is 11.9. The van der Waals surface area contributed by atoms with E-state index in [2.05, 4.69) is 10.6 Å². The maximum atomic E-state index is 11.9. The topological polar surface area (TPSA) is 70.6 Å². The molecule has 3 unspecified atom stereocenters. The number of aliphatic hydroxyl groups is 1. The average molecular weight is 270 g/mol. The van der Waals surface area contributed by atoms with Crippen LogP contribution >= 0.6 is 0 Å². The molecule has 110 valence electrons. The van der Waals surface area contributed by atoms with E-state index in [4.69, 9.17) is 4.74 Å². The summed E-state index contributed by atoms with van der Waals surface area (Å²) in [4.78, 5) is 11.9. The van der Waals surface area contributed by atoms with Gasteiger partial charge in [0.1, 0.15) is 0 Å². The Morgan fingerprint density at radius 1 is 1.32 bits per heavy atom. The van der Waals surface area contributed by atoms with Gasteiger partial charge >= 0.3 is 0 Å². The Labute approximate surface area is 115 Å². The summed E-state index contributed by atoms with van der Waals surface area (Å²) < 4.78 is 5.34. The van der Waals surface area contributed by atoms with Gasteiger partial charge in [-0.3, -0.25) is 4.79 Å². The first-order chi connectivity index (χ1) is 9.29. The van der Waals surface area contributed by atoms with Crippen LogP contribution in [-0.4, -0.2) is 50.0 Å². The molecule has 0 bridgehead atoms. The maximum Gasteiger partial charge on any atom is 0.221 e. The van der Waals surface area contributed by atoms with E-state index in [1.54, 1.807) is 0 Å². The number of rotatable bonds is 5. The molecule has 1 aliphatic carbocycles. The molecule has 1 saturated carbocycles. The van der Waals surface area contributed by atoms with Crippen molar-refractivity contribution in [2.45, 2.75) is 38.1 Å². The van der Waals surface area contributed by atoms with Crippen LogP contribution in [0.25, 0.3) is 0 Å². The zero-order valence-electron chi connectivity index (χ0n) is 11.6. The minimum atomic E-state index is 0.0882. The lowest BCUT2D eigenvalue weighted by molar-refractivity contribution is -0.122. The van der Waals surface area contributed by atoms with Crippen LogP contribution in [0.4, 0.5) is 0 Å². The number of carbonyl (C=O) groups excluding carboxylic acids is 1. The quantitative estimate of drug-likeness (QED) is 0.671. The number of hydrogen-bond donors (Lipinski definition) is 3. The van der Waals surface area contributed by atoms with Crippen molar-refractivity contribution in [3.8, 4) is 0 Å². The number of nitrogens with one attached hydrogen (secondary N) is 2. The lowest BCUT2D eigenvalue weighted by atomic mass is 9.79. The highest BCUT2D eigenvalue weighted by atomic mass is 16.5. The summed E-state index contributed by atoms with van der Waals surface area (Å²) in [5, 5.41) is 15.6. The lowest BCUT2D eigenvalue weighted by Gasteiger charge is -2.30. The normalized spacial score (nSPS) is 31.9. The van der Waals surface area contributed by atoms with Crippen molar-refractivity contribution in [3.63, 3.8) is 0 Å². The van der Waals surface area contributed by atoms with Crippen molar-refractivity contribution < 1.29 is 14.6 Å². The van der Waals surface area contributed by atoms with Gasteiger partial charge in [0.05, 0.1) is 13.2 Å². The van der Waals surface area contributed by atoms with Crippen LogP contribution in [0.1, 0.15) is 32.1 Å². The molecule has 3 N–H and O–H groups in total. The Hall–Kier alpha value is -0.650. The highest BCUT2D eigenvalue weighted by Crippen LogP contribution is 2.29. The molecule has 2 fully saturated rings. The molecule has 1 heterocycles. The lowest BCUT2D eigenvalue weighted by Crippen LogP contribution is -2.45. The number of hydrogen-bond acceptors (Lipinski definition) is 4. The van der Waals surface area contributed by atoms with Crippen LogP contribution in [0.5, 0.6) is 0 Å². The largest absolute Gasteiger partial charge is 0.396 e. The molecular formula is C14H26N2O3. The van der Waals surface area contributed by atoms with Crippen LogP contribution in [0.15, 0.2) is 0 Å². The molecule has 0 spiro atoms. The van der Waals surface area contributed by atoms with Crippen molar-refractivity contribution >= 4 is 5.91 Å². The predicted octanol–water partition coefficient (Wildman–Crippen LogP) is 0.280. The van der Waals surface area contributed by atoms with E-state index >= 15 is 0 Å². The molecule has 0 aromatic carbocycles. The number of morpholine rings is 1.